The molecule has 16 heavy (non-hydrogen) atoms. The van der Waals surface area contributed by atoms with Crippen molar-refractivity contribution in [3.63, 3.8) is 0 Å². The molecule has 1 aliphatic carbocycles. The van der Waals surface area contributed by atoms with Crippen LogP contribution in [0.3, 0.4) is 0 Å². The molecule has 1 aliphatic rings. The van der Waals surface area contributed by atoms with Crippen molar-refractivity contribution in [3.8, 4) is 0 Å². The minimum Gasteiger partial charge on any atom is -0.314 e. The SMILES string of the molecule is CCNC1CCC(c2cc(F)cc(F)c2)C1. The molecule has 0 bridgehead atoms. The van der Waals surface area contributed by atoms with E-state index < -0.39 is 11.6 Å². The largest absolute Gasteiger partial charge is 0.314 e. The maximum Gasteiger partial charge on any atom is 0.126 e. The van der Waals surface area contributed by atoms with Crippen molar-refractivity contribution in [1.82, 2.24) is 5.32 Å². The molecule has 0 saturated heterocycles. The van der Waals surface area contributed by atoms with E-state index in [1.54, 1.807) is 0 Å². The van der Waals surface area contributed by atoms with Crippen molar-refractivity contribution >= 4 is 0 Å². The summed E-state index contributed by atoms with van der Waals surface area (Å²) in [6.07, 6.45) is 3.09. The van der Waals surface area contributed by atoms with Gasteiger partial charge in [-0.2, -0.15) is 0 Å². The predicted molar refractivity (Wildman–Crippen MR) is 60.4 cm³/mol. The highest BCUT2D eigenvalue weighted by molar-refractivity contribution is 5.23. The van der Waals surface area contributed by atoms with Gasteiger partial charge in [-0.25, -0.2) is 8.78 Å². The monoisotopic (exact) mass is 225 g/mol. The molecule has 0 heterocycles. The summed E-state index contributed by atoms with van der Waals surface area (Å²) in [5.74, 6) is -0.641. The number of rotatable bonds is 3. The molecule has 1 N–H and O–H groups in total. The van der Waals surface area contributed by atoms with Crippen molar-refractivity contribution in [3.05, 3.63) is 35.4 Å². The first-order chi connectivity index (χ1) is 7.69. The molecule has 1 saturated carbocycles. The molecule has 0 aliphatic heterocycles. The summed E-state index contributed by atoms with van der Waals surface area (Å²) in [4.78, 5) is 0. The molecule has 0 aromatic heterocycles. The van der Waals surface area contributed by atoms with Crippen LogP contribution in [0.4, 0.5) is 8.78 Å². The van der Waals surface area contributed by atoms with E-state index in [9.17, 15) is 8.78 Å². The van der Waals surface area contributed by atoms with E-state index in [-0.39, 0.29) is 0 Å². The fraction of sp³-hybridized carbons (Fsp3) is 0.538. The summed E-state index contributed by atoms with van der Waals surface area (Å²) in [6, 6.07) is 4.35. The van der Waals surface area contributed by atoms with Crippen LogP contribution in [0.25, 0.3) is 0 Å². The van der Waals surface area contributed by atoms with E-state index >= 15 is 0 Å². The van der Waals surface area contributed by atoms with Gasteiger partial charge in [0.2, 0.25) is 0 Å². The first kappa shape index (κ1) is 11.5. The Morgan fingerprint density at radius 3 is 2.50 bits per heavy atom. The fourth-order valence-electron chi connectivity index (χ4n) is 2.57. The lowest BCUT2D eigenvalue weighted by molar-refractivity contribution is 0.532. The zero-order chi connectivity index (χ0) is 11.5. The summed E-state index contributed by atoms with van der Waals surface area (Å²) < 4.78 is 26.1. The molecule has 0 radical (unpaired) electrons. The van der Waals surface area contributed by atoms with Gasteiger partial charge in [0.1, 0.15) is 11.6 Å². The van der Waals surface area contributed by atoms with E-state index in [0.717, 1.165) is 37.4 Å². The second-order valence-corrected chi connectivity index (χ2v) is 4.47. The Balaban J connectivity index is 2.08. The van der Waals surface area contributed by atoms with Gasteiger partial charge >= 0.3 is 0 Å². The number of hydrogen-bond acceptors (Lipinski definition) is 1. The predicted octanol–water partition coefficient (Wildman–Crippen LogP) is 3.21. The maximum absolute atomic E-state index is 13.1. The maximum atomic E-state index is 13.1. The zero-order valence-corrected chi connectivity index (χ0v) is 9.47. The molecule has 1 fully saturated rings. The van der Waals surface area contributed by atoms with Crippen molar-refractivity contribution in [2.75, 3.05) is 6.54 Å². The lowest BCUT2D eigenvalue weighted by Gasteiger charge is -2.12. The van der Waals surface area contributed by atoms with E-state index in [1.807, 2.05) is 0 Å². The van der Waals surface area contributed by atoms with Crippen molar-refractivity contribution in [2.24, 2.45) is 0 Å². The van der Waals surface area contributed by atoms with Crippen molar-refractivity contribution < 1.29 is 8.78 Å². The Bertz CT molecular complexity index is 345. The van der Waals surface area contributed by atoms with E-state index in [2.05, 4.69) is 12.2 Å². The van der Waals surface area contributed by atoms with Crippen LogP contribution in [0.15, 0.2) is 18.2 Å². The Kier molecular flexibility index (Phi) is 3.54. The van der Waals surface area contributed by atoms with Crippen LogP contribution in [0.2, 0.25) is 0 Å². The Morgan fingerprint density at radius 1 is 1.19 bits per heavy atom. The standard InChI is InChI=1S/C13H17F2N/c1-2-16-13-4-3-9(7-13)10-5-11(14)8-12(15)6-10/h5-6,8-9,13,16H,2-4,7H2,1H3. The van der Waals surface area contributed by atoms with Gasteiger partial charge in [-0.3, -0.25) is 0 Å². The smallest absolute Gasteiger partial charge is 0.126 e. The van der Waals surface area contributed by atoms with Gasteiger partial charge in [0.05, 0.1) is 0 Å². The van der Waals surface area contributed by atoms with Gasteiger partial charge in [0.25, 0.3) is 0 Å². The second-order valence-electron chi connectivity index (χ2n) is 4.47. The topological polar surface area (TPSA) is 12.0 Å². The zero-order valence-electron chi connectivity index (χ0n) is 9.47. The molecule has 0 spiro atoms. The molecule has 3 heteroatoms. The van der Waals surface area contributed by atoms with Gasteiger partial charge in [-0.15, -0.1) is 0 Å². The summed E-state index contributed by atoms with van der Waals surface area (Å²) in [5.41, 5.74) is 0.804. The van der Waals surface area contributed by atoms with Crippen LogP contribution < -0.4 is 5.32 Å². The number of hydrogen-bond donors (Lipinski definition) is 1. The van der Waals surface area contributed by atoms with Crippen molar-refractivity contribution in [2.45, 2.75) is 38.1 Å². The number of benzene rings is 1. The average molecular weight is 225 g/mol. The normalized spacial score (nSPS) is 24.9. The molecule has 2 atom stereocenters. The highest BCUT2D eigenvalue weighted by Gasteiger charge is 2.25. The van der Waals surface area contributed by atoms with Gasteiger partial charge in [-0.1, -0.05) is 6.92 Å². The fourth-order valence-corrected chi connectivity index (χ4v) is 2.57. The highest BCUT2D eigenvalue weighted by Crippen LogP contribution is 2.34. The van der Waals surface area contributed by atoms with Gasteiger partial charge in [0, 0.05) is 12.1 Å². The van der Waals surface area contributed by atoms with Crippen LogP contribution in [-0.4, -0.2) is 12.6 Å². The Hall–Kier alpha value is -0.960. The van der Waals surface area contributed by atoms with E-state index in [0.29, 0.717) is 12.0 Å². The van der Waals surface area contributed by atoms with E-state index in [4.69, 9.17) is 0 Å². The average Bonchev–Trinajstić information content (AvgIpc) is 2.65. The molecule has 1 nitrogen and oxygen atoms in total. The molecule has 0 amide bonds. The number of nitrogens with one attached hydrogen (secondary N) is 1. The molecule has 88 valence electrons. The van der Waals surface area contributed by atoms with Gasteiger partial charge < -0.3 is 5.32 Å². The summed E-state index contributed by atoms with van der Waals surface area (Å²) in [5, 5.41) is 3.39. The molecule has 1 aromatic rings. The number of halogens is 2. The highest BCUT2D eigenvalue weighted by atomic mass is 19.1. The first-order valence-corrected chi connectivity index (χ1v) is 5.88. The third kappa shape index (κ3) is 2.59. The van der Waals surface area contributed by atoms with Gasteiger partial charge in [0.15, 0.2) is 0 Å². The lowest BCUT2D eigenvalue weighted by Crippen LogP contribution is -2.25. The van der Waals surface area contributed by atoms with Gasteiger partial charge in [-0.05, 0) is 49.4 Å². The molecule has 2 unspecified atom stereocenters. The first-order valence-electron chi connectivity index (χ1n) is 5.88. The molecule has 2 rings (SSSR count). The molecule has 1 aromatic carbocycles. The minimum absolute atomic E-state index is 0.300. The van der Waals surface area contributed by atoms with Crippen LogP contribution >= 0.6 is 0 Å². The van der Waals surface area contributed by atoms with Crippen LogP contribution in [-0.2, 0) is 0 Å². The molecular formula is C13H17F2N. The molecular weight excluding hydrogens is 208 g/mol. The summed E-state index contributed by atoms with van der Waals surface area (Å²) in [7, 11) is 0. The Labute approximate surface area is 94.9 Å². The minimum atomic E-state index is -0.470. The third-order valence-electron chi connectivity index (χ3n) is 3.28. The Morgan fingerprint density at radius 2 is 1.88 bits per heavy atom. The van der Waals surface area contributed by atoms with Crippen LogP contribution in [0, 0.1) is 11.6 Å². The quantitative estimate of drug-likeness (QED) is 0.833. The van der Waals surface area contributed by atoms with Crippen LogP contribution in [0.1, 0.15) is 37.7 Å². The summed E-state index contributed by atoms with van der Waals surface area (Å²) in [6.45, 7) is 3.03. The third-order valence-corrected chi connectivity index (χ3v) is 3.28. The second kappa shape index (κ2) is 4.91. The van der Waals surface area contributed by atoms with E-state index in [1.165, 1.54) is 12.1 Å². The summed E-state index contributed by atoms with van der Waals surface area (Å²) >= 11 is 0. The van der Waals surface area contributed by atoms with Crippen molar-refractivity contribution in [1.29, 1.82) is 0 Å². The lowest BCUT2D eigenvalue weighted by atomic mass is 9.97. The van der Waals surface area contributed by atoms with Crippen LogP contribution in [0.5, 0.6) is 0 Å².